The van der Waals surface area contributed by atoms with Crippen LogP contribution >= 0.6 is 0 Å². The van der Waals surface area contributed by atoms with E-state index in [2.05, 4.69) is 20.7 Å². The first-order chi connectivity index (χ1) is 17.0. The normalized spacial score (nSPS) is 20.5. The smallest absolute Gasteiger partial charge is 0.254 e. The van der Waals surface area contributed by atoms with Crippen LogP contribution in [0.4, 0.5) is 5.95 Å². The highest BCUT2D eigenvalue weighted by Crippen LogP contribution is 2.36. The van der Waals surface area contributed by atoms with Crippen molar-refractivity contribution in [2.75, 3.05) is 12.4 Å². The van der Waals surface area contributed by atoms with Gasteiger partial charge in [0.1, 0.15) is 29.2 Å². The summed E-state index contributed by atoms with van der Waals surface area (Å²) >= 11 is 0. The largest absolute Gasteiger partial charge is 0.498 e. The van der Waals surface area contributed by atoms with E-state index in [1.165, 1.54) is 0 Å². The summed E-state index contributed by atoms with van der Waals surface area (Å²) in [6.07, 6.45) is 8.44. The minimum Gasteiger partial charge on any atom is -0.498 e. The minimum absolute atomic E-state index is 0.187. The lowest BCUT2D eigenvalue weighted by Gasteiger charge is -2.33. The molecule has 13 heteroatoms. The number of nitrogens with zero attached hydrogens (tertiary/aromatic N) is 4. The van der Waals surface area contributed by atoms with Crippen molar-refractivity contribution < 1.29 is 14.6 Å². The number of aliphatic hydroxyl groups is 1. The molecule has 5 rings (SSSR count). The first kappa shape index (κ1) is 24.2. The highest BCUT2D eigenvalue weighted by molar-refractivity contribution is 6.58. The lowest BCUT2D eigenvalue weighted by Crippen LogP contribution is -2.38. The number of carbonyl (C=O) groups is 1. The molecule has 184 valence electrons. The molecule has 1 aliphatic rings. The molecule has 1 fully saturated rings. The second kappa shape index (κ2) is 8.88. The van der Waals surface area contributed by atoms with Gasteiger partial charge >= 0.3 is 0 Å². The molecule has 0 spiro atoms. The van der Waals surface area contributed by atoms with E-state index in [-0.39, 0.29) is 11.9 Å². The standard InChI is InChI=1S/C23H30B3N7O3/c1-22(35)6-3-13(4-7-22)30-21-31-18-17(20(32-21)36-23(24,25)26)14(10-28-18)12-5-8-33-16(9-12)15(11-29-33)19(34)27-2/h5,8-11,13,35H,3-4,6-7,24-26H2,1-2H3,(H,27,34)(H2,28,30,31,32). The minimum atomic E-state index is -0.605. The summed E-state index contributed by atoms with van der Waals surface area (Å²) in [5, 5.41) is 21.0. The molecule has 0 radical (unpaired) electrons. The number of H-pyrrole nitrogens is 1. The van der Waals surface area contributed by atoms with Gasteiger partial charge in [0.15, 0.2) is 0 Å². The zero-order valence-corrected chi connectivity index (χ0v) is 21.3. The summed E-state index contributed by atoms with van der Waals surface area (Å²) in [5.74, 6) is 0.782. The van der Waals surface area contributed by atoms with Gasteiger partial charge in [0.25, 0.3) is 5.91 Å². The fourth-order valence-electron chi connectivity index (χ4n) is 4.68. The first-order valence-electron chi connectivity index (χ1n) is 12.3. The van der Waals surface area contributed by atoms with E-state index in [0.29, 0.717) is 28.6 Å². The second-order valence-corrected chi connectivity index (χ2v) is 10.8. The van der Waals surface area contributed by atoms with Gasteiger partial charge in [-0.05, 0) is 50.3 Å². The molecule has 1 amide bonds. The first-order valence-corrected chi connectivity index (χ1v) is 12.3. The molecular formula is C23H30B3N7O3. The summed E-state index contributed by atoms with van der Waals surface area (Å²) in [7, 11) is 7.55. The molecule has 0 atom stereocenters. The number of ether oxygens (including phenoxy) is 1. The highest BCUT2D eigenvalue weighted by Gasteiger charge is 2.29. The zero-order valence-electron chi connectivity index (χ0n) is 21.3. The van der Waals surface area contributed by atoms with Gasteiger partial charge in [0, 0.05) is 36.3 Å². The van der Waals surface area contributed by atoms with Crippen LogP contribution < -0.4 is 15.4 Å². The SMILES string of the molecule is BC(B)(B)Oc1nc(NC2CCC(C)(O)CC2)nc2[nH]cc(-c3ccn4ncc(C(=O)NC)c4c3)c12. The Morgan fingerprint density at radius 2 is 2.06 bits per heavy atom. The molecule has 4 aromatic heterocycles. The topological polar surface area (TPSA) is 129 Å². The number of hydrogen-bond donors (Lipinski definition) is 4. The fraction of sp³-hybridized carbons (Fsp3) is 0.391. The number of amides is 1. The monoisotopic (exact) mass is 485 g/mol. The number of rotatable bonds is 6. The number of aromatic amines is 1. The van der Waals surface area contributed by atoms with E-state index in [9.17, 15) is 9.90 Å². The Kier molecular flexibility index (Phi) is 5.98. The Balaban J connectivity index is 1.56. The summed E-state index contributed by atoms with van der Waals surface area (Å²) in [5.41, 5.74) is 3.01. The predicted octanol–water partition coefficient (Wildman–Crippen LogP) is -0.373. The molecule has 0 unspecified atom stereocenters. The number of nitrogens with one attached hydrogen (secondary N) is 3. The van der Waals surface area contributed by atoms with Crippen LogP contribution in [-0.2, 0) is 0 Å². The molecule has 0 aliphatic heterocycles. The summed E-state index contributed by atoms with van der Waals surface area (Å²) in [4.78, 5) is 25.1. The van der Waals surface area contributed by atoms with Crippen molar-refractivity contribution in [3.05, 3.63) is 36.3 Å². The molecule has 1 saturated carbocycles. The quantitative estimate of drug-likeness (QED) is 0.275. The number of pyridine rings is 1. The molecule has 36 heavy (non-hydrogen) atoms. The average molecular weight is 485 g/mol. The number of hydrogen-bond acceptors (Lipinski definition) is 7. The highest BCUT2D eigenvalue weighted by atomic mass is 16.5. The fourth-order valence-corrected chi connectivity index (χ4v) is 4.68. The number of carbonyl (C=O) groups excluding carboxylic acids is 1. The van der Waals surface area contributed by atoms with Crippen molar-refractivity contribution in [2.24, 2.45) is 0 Å². The van der Waals surface area contributed by atoms with Crippen molar-refractivity contribution in [3.63, 3.8) is 0 Å². The van der Waals surface area contributed by atoms with Gasteiger partial charge in [0.05, 0.1) is 28.3 Å². The van der Waals surface area contributed by atoms with Gasteiger partial charge in [-0.25, -0.2) is 4.52 Å². The van der Waals surface area contributed by atoms with Gasteiger partial charge < -0.3 is 25.5 Å². The predicted molar refractivity (Wildman–Crippen MR) is 147 cm³/mol. The number of aromatic nitrogens is 5. The van der Waals surface area contributed by atoms with Crippen LogP contribution in [0.3, 0.4) is 0 Å². The summed E-state index contributed by atoms with van der Waals surface area (Å²) in [6.45, 7) is 1.89. The van der Waals surface area contributed by atoms with Crippen LogP contribution in [-0.4, -0.2) is 83.1 Å². The van der Waals surface area contributed by atoms with E-state index in [1.807, 2.05) is 55.0 Å². The molecule has 4 aromatic rings. The molecule has 4 N–H and O–H groups in total. The number of fused-ring (bicyclic) bond motifs is 2. The third kappa shape index (κ3) is 4.79. The van der Waals surface area contributed by atoms with Crippen molar-refractivity contribution in [3.8, 4) is 17.0 Å². The molecule has 4 heterocycles. The molecular weight excluding hydrogens is 455 g/mol. The Hall–Kier alpha value is -3.47. The van der Waals surface area contributed by atoms with Crippen LogP contribution in [0.25, 0.3) is 27.7 Å². The maximum Gasteiger partial charge on any atom is 0.254 e. The summed E-state index contributed by atoms with van der Waals surface area (Å²) in [6, 6.07) is 4.06. The third-order valence-electron chi connectivity index (χ3n) is 6.60. The van der Waals surface area contributed by atoms with Crippen molar-refractivity contribution in [1.82, 2.24) is 29.9 Å². The van der Waals surface area contributed by atoms with Gasteiger partial charge in [-0.3, -0.25) is 4.79 Å². The molecule has 0 bridgehead atoms. The van der Waals surface area contributed by atoms with E-state index in [1.54, 1.807) is 17.8 Å². The average Bonchev–Trinajstić information content (AvgIpc) is 3.43. The van der Waals surface area contributed by atoms with E-state index in [0.717, 1.165) is 42.2 Å². The van der Waals surface area contributed by atoms with Crippen molar-refractivity contribution in [2.45, 2.75) is 49.5 Å². The number of anilines is 1. The van der Waals surface area contributed by atoms with Gasteiger partial charge in [-0.1, -0.05) is 0 Å². The lowest BCUT2D eigenvalue weighted by molar-refractivity contribution is 0.0195. The van der Waals surface area contributed by atoms with Crippen LogP contribution in [0.5, 0.6) is 5.88 Å². The Bertz CT molecular complexity index is 1430. The van der Waals surface area contributed by atoms with Crippen LogP contribution in [0.1, 0.15) is 43.0 Å². The lowest BCUT2D eigenvalue weighted by atomic mass is 9.52. The molecule has 0 aromatic carbocycles. The van der Waals surface area contributed by atoms with Crippen molar-refractivity contribution in [1.29, 1.82) is 0 Å². The van der Waals surface area contributed by atoms with Gasteiger partial charge in [0.2, 0.25) is 11.8 Å². The Morgan fingerprint density at radius 1 is 1.31 bits per heavy atom. The second-order valence-electron chi connectivity index (χ2n) is 10.8. The van der Waals surface area contributed by atoms with Gasteiger partial charge in [-0.2, -0.15) is 15.1 Å². The van der Waals surface area contributed by atoms with Crippen LogP contribution in [0.15, 0.2) is 30.7 Å². The van der Waals surface area contributed by atoms with Gasteiger partial charge in [-0.15, -0.1) is 0 Å². The Morgan fingerprint density at radius 3 is 2.75 bits per heavy atom. The molecule has 10 nitrogen and oxygen atoms in total. The third-order valence-corrected chi connectivity index (χ3v) is 6.60. The zero-order chi connectivity index (χ0) is 25.7. The van der Waals surface area contributed by atoms with E-state index < -0.39 is 10.9 Å². The molecule has 1 aliphatic carbocycles. The maximum atomic E-state index is 12.3. The molecule has 0 saturated heterocycles. The van der Waals surface area contributed by atoms with E-state index in [4.69, 9.17) is 14.7 Å². The van der Waals surface area contributed by atoms with Crippen LogP contribution in [0.2, 0.25) is 0 Å². The summed E-state index contributed by atoms with van der Waals surface area (Å²) < 4.78 is 7.99. The van der Waals surface area contributed by atoms with Crippen molar-refractivity contribution >= 4 is 51.9 Å². The maximum absolute atomic E-state index is 12.3. The van der Waals surface area contributed by atoms with Crippen LogP contribution in [0, 0.1) is 0 Å². The van der Waals surface area contributed by atoms with E-state index >= 15 is 0 Å². The Labute approximate surface area is 211 Å².